The largest absolute Gasteiger partial charge is 0.396 e. The Morgan fingerprint density at radius 2 is 2.24 bits per heavy atom. The first-order chi connectivity index (χ1) is 8.13. The number of nitriles is 1. The molecule has 4 N–H and O–H groups in total. The van der Waals surface area contributed by atoms with E-state index in [1.165, 1.54) is 17.1 Å². The second kappa shape index (κ2) is 3.98. The average molecular weight is 227 g/mol. The molecule has 0 bridgehead atoms. The first-order valence-electron chi connectivity index (χ1n) is 4.77. The number of carbonyl (C=O) groups is 1. The summed E-state index contributed by atoms with van der Waals surface area (Å²) in [6.45, 7) is 0. The van der Waals surface area contributed by atoms with E-state index in [4.69, 9.17) is 16.7 Å². The molecular formula is C11H9N5O. The molecule has 0 radical (unpaired) electrons. The maximum Gasteiger partial charge on any atom is 0.251 e. The maximum absolute atomic E-state index is 10.9. The SMILES string of the molecule is N#Cc1cccc(-n2cc(C(N)=O)cn2)c1N. The van der Waals surface area contributed by atoms with Crippen LogP contribution < -0.4 is 11.5 Å². The lowest BCUT2D eigenvalue weighted by atomic mass is 10.1. The number of nitrogen functional groups attached to an aromatic ring is 1. The van der Waals surface area contributed by atoms with Crippen LogP contribution in [0.15, 0.2) is 30.6 Å². The van der Waals surface area contributed by atoms with Crippen molar-refractivity contribution >= 4 is 11.6 Å². The summed E-state index contributed by atoms with van der Waals surface area (Å²) in [7, 11) is 0. The Labute approximate surface area is 97.1 Å². The van der Waals surface area contributed by atoms with Gasteiger partial charge in [-0.1, -0.05) is 6.07 Å². The number of anilines is 1. The molecule has 1 aromatic heterocycles. The summed E-state index contributed by atoms with van der Waals surface area (Å²) in [5, 5.41) is 12.8. The van der Waals surface area contributed by atoms with Crippen molar-refractivity contribution in [2.24, 2.45) is 5.73 Å². The fourth-order valence-electron chi connectivity index (χ4n) is 1.43. The molecule has 17 heavy (non-hydrogen) atoms. The third-order valence-corrected chi connectivity index (χ3v) is 2.32. The smallest absolute Gasteiger partial charge is 0.251 e. The third-order valence-electron chi connectivity index (χ3n) is 2.32. The number of para-hydroxylation sites is 1. The number of aromatic nitrogens is 2. The summed E-state index contributed by atoms with van der Waals surface area (Å²) >= 11 is 0. The highest BCUT2D eigenvalue weighted by Crippen LogP contribution is 2.20. The minimum atomic E-state index is -0.564. The average Bonchev–Trinajstić information content (AvgIpc) is 2.78. The van der Waals surface area contributed by atoms with Gasteiger partial charge in [0, 0.05) is 6.20 Å². The van der Waals surface area contributed by atoms with Crippen LogP contribution in [0.4, 0.5) is 5.69 Å². The van der Waals surface area contributed by atoms with Crippen molar-refractivity contribution in [3.63, 3.8) is 0 Å². The molecule has 0 saturated carbocycles. The quantitative estimate of drug-likeness (QED) is 0.724. The standard InChI is InChI=1S/C11H9N5O/c12-4-7-2-1-3-9(10(7)13)16-6-8(5-15-16)11(14)17/h1-3,5-6H,13H2,(H2,14,17). The predicted molar refractivity (Wildman–Crippen MR) is 61.2 cm³/mol. The molecule has 0 spiro atoms. The van der Waals surface area contributed by atoms with Crippen LogP contribution in [0.25, 0.3) is 5.69 Å². The van der Waals surface area contributed by atoms with Crippen molar-refractivity contribution in [3.8, 4) is 11.8 Å². The summed E-state index contributed by atoms with van der Waals surface area (Å²) < 4.78 is 1.41. The minimum Gasteiger partial charge on any atom is -0.396 e. The molecular weight excluding hydrogens is 218 g/mol. The first-order valence-corrected chi connectivity index (χ1v) is 4.77. The summed E-state index contributed by atoms with van der Waals surface area (Å²) in [4.78, 5) is 10.9. The van der Waals surface area contributed by atoms with Gasteiger partial charge < -0.3 is 11.5 Å². The fraction of sp³-hybridized carbons (Fsp3) is 0. The fourth-order valence-corrected chi connectivity index (χ4v) is 1.43. The molecule has 1 amide bonds. The Balaban J connectivity index is 2.53. The van der Waals surface area contributed by atoms with Gasteiger partial charge in [-0.3, -0.25) is 4.79 Å². The molecule has 0 aliphatic heterocycles. The first kappa shape index (κ1) is 10.7. The van der Waals surface area contributed by atoms with Crippen LogP contribution in [-0.2, 0) is 0 Å². The number of nitrogens with zero attached hydrogens (tertiary/aromatic N) is 3. The third kappa shape index (κ3) is 1.81. The lowest BCUT2D eigenvalue weighted by Gasteiger charge is -2.06. The second-order valence-electron chi connectivity index (χ2n) is 3.39. The van der Waals surface area contributed by atoms with Crippen molar-refractivity contribution in [2.75, 3.05) is 5.73 Å². The van der Waals surface area contributed by atoms with E-state index in [2.05, 4.69) is 5.10 Å². The van der Waals surface area contributed by atoms with E-state index in [0.717, 1.165) is 0 Å². The topological polar surface area (TPSA) is 111 Å². The number of rotatable bonds is 2. The zero-order valence-electron chi connectivity index (χ0n) is 8.79. The van der Waals surface area contributed by atoms with Crippen molar-refractivity contribution in [2.45, 2.75) is 0 Å². The molecule has 1 aromatic carbocycles. The van der Waals surface area contributed by atoms with Gasteiger partial charge in [0.2, 0.25) is 0 Å². The van der Waals surface area contributed by atoms with Crippen molar-refractivity contribution in [1.82, 2.24) is 9.78 Å². The van der Waals surface area contributed by atoms with Crippen LogP contribution in [0.2, 0.25) is 0 Å². The monoisotopic (exact) mass is 227 g/mol. The highest BCUT2D eigenvalue weighted by Gasteiger charge is 2.09. The molecule has 0 aliphatic carbocycles. The van der Waals surface area contributed by atoms with E-state index in [-0.39, 0.29) is 5.56 Å². The molecule has 0 fully saturated rings. The molecule has 0 atom stereocenters. The van der Waals surface area contributed by atoms with E-state index in [1.807, 2.05) is 6.07 Å². The molecule has 0 unspecified atom stereocenters. The van der Waals surface area contributed by atoms with Crippen LogP contribution in [0.1, 0.15) is 15.9 Å². The molecule has 1 heterocycles. The summed E-state index contributed by atoms with van der Waals surface area (Å²) in [6, 6.07) is 6.98. The van der Waals surface area contributed by atoms with E-state index < -0.39 is 5.91 Å². The Kier molecular flexibility index (Phi) is 2.51. The van der Waals surface area contributed by atoms with Crippen molar-refractivity contribution in [3.05, 3.63) is 41.7 Å². The molecule has 0 saturated heterocycles. The van der Waals surface area contributed by atoms with Gasteiger partial charge >= 0.3 is 0 Å². The molecule has 6 nitrogen and oxygen atoms in total. The predicted octanol–water partition coefficient (Wildman–Crippen LogP) is 0.425. The molecule has 0 aliphatic rings. The van der Waals surface area contributed by atoms with Crippen LogP contribution in [0, 0.1) is 11.3 Å². The number of primary amides is 1. The molecule has 2 rings (SSSR count). The van der Waals surface area contributed by atoms with Gasteiger partial charge in [0.05, 0.1) is 28.7 Å². The second-order valence-corrected chi connectivity index (χ2v) is 3.39. The number of carbonyl (C=O) groups excluding carboxylic acids is 1. The number of hydrogen-bond acceptors (Lipinski definition) is 4. The lowest BCUT2D eigenvalue weighted by Crippen LogP contribution is -2.09. The van der Waals surface area contributed by atoms with Crippen LogP contribution >= 0.6 is 0 Å². The summed E-state index contributed by atoms with van der Waals surface area (Å²) in [5.74, 6) is -0.564. The number of amides is 1. The van der Waals surface area contributed by atoms with Gasteiger partial charge in [-0.25, -0.2) is 4.68 Å². The van der Waals surface area contributed by atoms with Crippen molar-refractivity contribution in [1.29, 1.82) is 5.26 Å². The highest BCUT2D eigenvalue weighted by molar-refractivity contribution is 5.92. The summed E-state index contributed by atoms with van der Waals surface area (Å²) in [5.41, 5.74) is 12.4. The Hall–Kier alpha value is -2.81. The van der Waals surface area contributed by atoms with Gasteiger partial charge in [0.1, 0.15) is 6.07 Å². The van der Waals surface area contributed by atoms with Crippen molar-refractivity contribution < 1.29 is 4.79 Å². The molecule has 2 aromatic rings. The van der Waals surface area contributed by atoms with Crippen LogP contribution in [-0.4, -0.2) is 15.7 Å². The number of nitrogens with two attached hydrogens (primary N) is 2. The Bertz CT molecular complexity index is 623. The zero-order valence-corrected chi connectivity index (χ0v) is 8.79. The van der Waals surface area contributed by atoms with E-state index in [9.17, 15) is 4.79 Å². The zero-order chi connectivity index (χ0) is 12.4. The van der Waals surface area contributed by atoms with Crippen LogP contribution in [0.3, 0.4) is 0 Å². The van der Waals surface area contributed by atoms with E-state index in [1.54, 1.807) is 18.2 Å². The normalized spacial score (nSPS) is 9.82. The number of hydrogen-bond donors (Lipinski definition) is 2. The van der Waals surface area contributed by atoms with Gasteiger partial charge in [-0.2, -0.15) is 10.4 Å². The Morgan fingerprint density at radius 1 is 1.47 bits per heavy atom. The van der Waals surface area contributed by atoms with E-state index >= 15 is 0 Å². The van der Waals surface area contributed by atoms with Gasteiger partial charge in [0.25, 0.3) is 5.91 Å². The molecule has 84 valence electrons. The van der Waals surface area contributed by atoms with Gasteiger partial charge in [-0.05, 0) is 12.1 Å². The van der Waals surface area contributed by atoms with Crippen LogP contribution in [0.5, 0.6) is 0 Å². The number of benzene rings is 1. The summed E-state index contributed by atoms with van der Waals surface area (Å²) in [6.07, 6.45) is 2.82. The van der Waals surface area contributed by atoms with Gasteiger partial charge in [-0.15, -0.1) is 0 Å². The lowest BCUT2D eigenvalue weighted by molar-refractivity contribution is 0.100. The maximum atomic E-state index is 10.9. The highest BCUT2D eigenvalue weighted by atomic mass is 16.1. The van der Waals surface area contributed by atoms with E-state index in [0.29, 0.717) is 16.9 Å². The molecule has 6 heteroatoms. The van der Waals surface area contributed by atoms with Gasteiger partial charge in [0.15, 0.2) is 0 Å². The Morgan fingerprint density at radius 3 is 2.82 bits per heavy atom. The minimum absolute atomic E-state index is 0.284.